The van der Waals surface area contributed by atoms with Crippen LogP contribution in [0.1, 0.15) is 29.0 Å². The summed E-state index contributed by atoms with van der Waals surface area (Å²) in [5.41, 5.74) is 0.974. The Balaban J connectivity index is 2.22. The number of nitrogens with zero attached hydrogens (tertiary/aromatic N) is 3. The Bertz CT molecular complexity index is 616. The quantitative estimate of drug-likeness (QED) is 0.938. The molecular formula is C14H14ClN3O2. The summed E-state index contributed by atoms with van der Waals surface area (Å²) in [6, 6.07) is 10.7. The minimum absolute atomic E-state index is 0.0404. The van der Waals surface area contributed by atoms with Crippen molar-refractivity contribution in [3.63, 3.8) is 0 Å². The average molecular weight is 292 g/mol. The van der Waals surface area contributed by atoms with Crippen molar-refractivity contribution in [1.82, 2.24) is 10.2 Å². The van der Waals surface area contributed by atoms with Gasteiger partial charge in [-0.1, -0.05) is 23.7 Å². The van der Waals surface area contributed by atoms with Crippen molar-refractivity contribution >= 4 is 23.4 Å². The Labute approximate surface area is 121 Å². The summed E-state index contributed by atoms with van der Waals surface area (Å²) < 4.78 is 0. The lowest BCUT2D eigenvalue weighted by Gasteiger charge is -2.26. The van der Waals surface area contributed by atoms with Gasteiger partial charge in [0.25, 0.3) is 0 Å². The van der Waals surface area contributed by atoms with Gasteiger partial charge in [-0.3, -0.25) is 0 Å². The third-order valence-electron chi connectivity index (χ3n) is 3.14. The number of rotatable bonds is 4. The van der Waals surface area contributed by atoms with E-state index in [4.69, 9.17) is 16.7 Å². The maximum absolute atomic E-state index is 10.7. The molecular weight excluding hydrogens is 278 g/mol. The van der Waals surface area contributed by atoms with Gasteiger partial charge in [0.05, 0.1) is 6.04 Å². The number of carbonyl (C=O) groups is 1. The second-order valence-electron chi connectivity index (χ2n) is 4.42. The molecule has 20 heavy (non-hydrogen) atoms. The molecule has 0 saturated heterocycles. The lowest BCUT2D eigenvalue weighted by molar-refractivity contribution is 0.0689. The topological polar surface area (TPSA) is 66.3 Å². The van der Waals surface area contributed by atoms with Crippen molar-refractivity contribution in [2.45, 2.75) is 13.0 Å². The SMILES string of the molecule is CC(c1cccc(Cl)c1)N(C)c1ccc(C(=O)O)nn1. The van der Waals surface area contributed by atoms with Crippen LogP contribution in [-0.2, 0) is 0 Å². The second kappa shape index (κ2) is 5.88. The van der Waals surface area contributed by atoms with Gasteiger partial charge in [-0.05, 0) is 36.8 Å². The van der Waals surface area contributed by atoms with Crippen LogP contribution in [0.15, 0.2) is 36.4 Å². The van der Waals surface area contributed by atoms with Crippen LogP contribution in [0.4, 0.5) is 5.82 Å². The predicted molar refractivity (Wildman–Crippen MR) is 77.3 cm³/mol. The summed E-state index contributed by atoms with van der Waals surface area (Å²) in [6.07, 6.45) is 0. The molecule has 1 atom stereocenters. The molecule has 104 valence electrons. The summed E-state index contributed by atoms with van der Waals surface area (Å²) >= 11 is 5.98. The highest BCUT2D eigenvalue weighted by atomic mass is 35.5. The van der Waals surface area contributed by atoms with E-state index in [1.807, 2.05) is 43.1 Å². The average Bonchev–Trinajstić information content (AvgIpc) is 2.46. The van der Waals surface area contributed by atoms with Gasteiger partial charge in [0.2, 0.25) is 0 Å². The van der Waals surface area contributed by atoms with Crippen LogP contribution in [0, 0.1) is 0 Å². The number of hydrogen-bond donors (Lipinski definition) is 1. The molecule has 0 radical (unpaired) electrons. The number of aromatic carboxylic acids is 1. The highest BCUT2D eigenvalue weighted by Gasteiger charge is 2.15. The number of carboxylic acid groups (broad SMARTS) is 1. The van der Waals surface area contributed by atoms with Crippen LogP contribution in [0.5, 0.6) is 0 Å². The lowest BCUT2D eigenvalue weighted by atomic mass is 10.1. The summed E-state index contributed by atoms with van der Waals surface area (Å²) in [5, 5.41) is 17.1. The predicted octanol–water partition coefficient (Wildman–Crippen LogP) is 3.03. The molecule has 0 bridgehead atoms. The number of aromatic nitrogens is 2. The van der Waals surface area contributed by atoms with Crippen molar-refractivity contribution in [2.24, 2.45) is 0 Å². The van der Waals surface area contributed by atoms with E-state index >= 15 is 0 Å². The van der Waals surface area contributed by atoms with Crippen molar-refractivity contribution in [3.05, 3.63) is 52.7 Å². The van der Waals surface area contributed by atoms with Crippen molar-refractivity contribution in [3.8, 4) is 0 Å². The third-order valence-corrected chi connectivity index (χ3v) is 3.38. The van der Waals surface area contributed by atoms with E-state index in [-0.39, 0.29) is 11.7 Å². The highest BCUT2D eigenvalue weighted by Crippen LogP contribution is 2.25. The summed E-state index contributed by atoms with van der Waals surface area (Å²) in [6.45, 7) is 2.01. The smallest absolute Gasteiger partial charge is 0.356 e. The Hall–Kier alpha value is -2.14. The van der Waals surface area contributed by atoms with E-state index < -0.39 is 5.97 Å². The third kappa shape index (κ3) is 3.05. The number of benzene rings is 1. The number of halogens is 1. The van der Waals surface area contributed by atoms with Gasteiger partial charge in [0, 0.05) is 12.1 Å². The molecule has 1 unspecified atom stereocenters. The van der Waals surface area contributed by atoms with Crippen molar-refractivity contribution in [1.29, 1.82) is 0 Å². The van der Waals surface area contributed by atoms with Crippen LogP contribution < -0.4 is 4.90 Å². The molecule has 5 nitrogen and oxygen atoms in total. The number of hydrogen-bond acceptors (Lipinski definition) is 4. The molecule has 0 saturated carbocycles. The lowest BCUT2D eigenvalue weighted by Crippen LogP contribution is -2.23. The first-order valence-electron chi connectivity index (χ1n) is 6.04. The van der Waals surface area contributed by atoms with E-state index in [0.29, 0.717) is 10.8 Å². The van der Waals surface area contributed by atoms with Crippen LogP contribution in [-0.4, -0.2) is 28.3 Å². The van der Waals surface area contributed by atoms with Gasteiger partial charge in [-0.15, -0.1) is 10.2 Å². The first kappa shape index (κ1) is 14.3. The number of carboxylic acids is 1. The van der Waals surface area contributed by atoms with E-state index in [0.717, 1.165) is 5.56 Å². The fourth-order valence-electron chi connectivity index (χ4n) is 1.82. The van der Waals surface area contributed by atoms with Gasteiger partial charge in [0.15, 0.2) is 11.5 Å². The summed E-state index contributed by atoms with van der Waals surface area (Å²) in [4.78, 5) is 12.7. The zero-order chi connectivity index (χ0) is 14.7. The minimum atomic E-state index is -1.09. The molecule has 0 aliphatic carbocycles. The Morgan fingerprint density at radius 2 is 2.05 bits per heavy atom. The fraction of sp³-hybridized carbons (Fsp3) is 0.214. The van der Waals surface area contributed by atoms with E-state index in [1.165, 1.54) is 6.07 Å². The van der Waals surface area contributed by atoms with Crippen LogP contribution in [0.3, 0.4) is 0 Å². The molecule has 2 rings (SSSR count). The van der Waals surface area contributed by atoms with Gasteiger partial charge < -0.3 is 10.0 Å². The normalized spacial score (nSPS) is 11.9. The highest BCUT2D eigenvalue weighted by molar-refractivity contribution is 6.30. The Kier molecular flexibility index (Phi) is 4.20. The molecule has 1 heterocycles. The largest absolute Gasteiger partial charge is 0.476 e. The molecule has 0 aliphatic rings. The van der Waals surface area contributed by atoms with E-state index in [1.54, 1.807) is 6.07 Å². The molecule has 0 fully saturated rings. The molecule has 2 aromatic rings. The maximum atomic E-state index is 10.7. The minimum Gasteiger partial charge on any atom is -0.476 e. The van der Waals surface area contributed by atoms with Gasteiger partial charge in [0.1, 0.15) is 0 Å². The first-order valence-corrected chi connectivity index (χ1v) is 6.42. The summed E-state index contributed by atoms with van der Waals surface area (Å²) in [5.74, 6) is -0.489. The van der Waals surface area contributed by atoms with Crippen LogP contribution in [0.25, 0.3) is 0 Å². The zero-order valence-corrected chi connectivity index (χ0v) is 11.9. The number of anilines is 1. The summed E-state index contributed by atoms with van der Waals surface area (Å²) in [7, 11) is 1.87. The molecule has 1 aromatic carbocycles. The van der Waals surface area contributed by atoms with E-state index in [2.05, 4.69) is 10.2 Å². The van der Waals surface area contributed by atoms with Crippen molar-refractivity contribution in [2.75, 3.05) is 11.9 Å². The van der Waals surface area contributed by atoms with E-state index in [9.17, 15) is 4.79 Å². The Morgan fingerprint density at radius 3 is 2.60 bits per heavy atom. The maximum Gasteiger partial charge on any atom is 0.356 e. The molecule has 0 amide bonds. The van der Waals surface area contributed by atoms with Crippen LogP contribution in [0.2, 0.25) is 5.02 Å². The molecule has 1 aromatic heterocycles. The van der Waals surface area contributed by atoms with Gasteiger partial charge >= 0.3 is 5.97 Å². The van der Waals surface area contributed by atoms with Crippen LogP contribution >= 0.6 is 11.6 Å². The monoisotopic (exact) mass is 291 g/mol. The Morgan fingerprint density at radius 1 is 1.30 bits per heavy atom. The van der Waals surface area contributed by atoms with Crippen molar-refractivity contribution < 1.29 is 9.90 Å². The van der Waals surface area contributed by atoms with Gasteiger partial charge in [-0.25, -0.2) is 4.79 Å². The standard InChI is InChI=1S/C14H14ClN3O2/c1-9(10-4-3-5-11(15)8-10)18(2)13-7-6-12(14(19)20)16-17-13/h3-9H,1-2H3,(H,19,20). The van der Waals surface area contributed by atoms with Gasteiger partial charge in [-0.2, -0.15) is 0 Å². The molecule has 1 N–H and O–H groups in total. The molecule has 0 spiro atoms. The fourth-order valence-corrected chi connectivity index (χ4v) is 2.01. The molecule has 0 aliphatic heterocycles. The molecule has 6 heteroatoms. The second-order valence-corrected chi connectivity index (χ2v) is 4.86. The first-order chi connectivity index (χ1) is 9.49. The zero-order valence-electron chi connectivity index (χ0n) is 11.1.